The van der Waals surface area contributed by atoms with Crippen molar-refractivity contribution in [3.63, 3.8) is 0 Å². The van der Waals surface area contributed by atoms with Crippen LogP contribution in [0.3, 0.4) is 0 Å². The molecule has 2 aromatic rings. The quantitative estimate of drug-likeness (QED) is 0.356. The van der Waals surface area contributed by atoms with Crippen LogP contribution in [-0.4, -0.2) is 32.3 Å². The van der Waals surface area contributed by atoms with Gasteiger partial charge in [-0.15, -0.1) is 24.0 Å². The smallest absolute Gasteiger partial charge is 0.191 e. The molecule has 2 aromatic carbocycles. The van der Waals surface area contributed by atoms with E-state index in [1.807, 2.05) is 6.07 Å². The summed E-state index contributed by atoms with van der Waals surface area (Å²) in [6, 6.07) is 19.1. The van der Waals surface area contributed by atoms with Crippen molar-refractivity contribution in [1.29, 1.82) is 0 Å². The lowest BCUT2D eigenvalue weighted by Crippen LogP contribution is -2.48. The molecule has 0 bridgehead atoms. The number of nitrogens with one attached hydrogen (secondary N) is 2. The lowest BCUT2D eigenvalue weighted by atomic mass is 9.72. The molecule has 5 heteroatoms. The highest BCUT2D eigenvalue weighted by atomic mass is 127. The molecular weight excluding hydrogens is 461 g/mol. The van der Waals surface area contributed by atoms with Crippen LogP contribution >= 0.6 is 24.0 Å². The number of rotatable bonds is 6. The molecule has 2 N–H and O–H groups in total. The van der Waals surface area contributed by atoms with Crippen LogP contribution in [0.1, 0.15) is 36.5 Å². The molecule has 0 unspecified atom stereocenters. The molecular formula is C23H32IN3O. The number of aryl methyl sites for hydroxylation is 1. The van der Waals surface area contributed by atoms with Gasteiger partial charge in [-0.1, -0.05) is 54.6 Å². The van der Waals surface area contributed by atoms with Crippen molar-refractivity contribution in [3.05, 3.63) is 71.3 Å². The molecule has 0 aliphatic carbocycles. The first kappa shape index (κ1) is 22.7. The van der Waals surface area contributed by atoms with Crippen LogP contribution in [0, 0.1) is 6.92 Å². The number of ether oxygens (including phenoxy) is 1. The van der Waals surface area contributed by atoms with Gasteiger partial charge in [0.2, 0.25) is 0 Å². The lowest BCUT2D eigenvalue weighted by Gasteiger charge is -2.39. The molecule has 28 heavy (non-hydrogen) atoms. The summed E-state index contributed by atoms with van der Waals surface area (Å²) in [5.41, 5.74) is 4.09. The molecule has 4 nitrogen and oxygen atoms in total. The summed E-state index contributed by atoms with van der Waals surface area (Å²) < 4.78 is 5.67. The van der Waals surface area contributed by atoms with Crippen LogP contribution < -0.4 is 10.6 Å². The third kappa shape index (κ3) is 5.95. The summed E-state index contributed by atoms with van der Waals surface area (Å²) in [6.07, 6.45) is 2.06. The monoisotopic (exact) mass is 493 g/mol. The summed E-state index contributed by atoms with van der Waals surface area (Å²) in [5, 5.41) is 6.99. The zero-order valence-corrected chi connectivity index (χ0v) is 19.2. The van der Waals surface area contributed by atoms with E-state index in [1.54, 1.807) is 0 Å². The zero-order chi connectivity index (χ0) is 19.0. The van der Waals surface area contributed by atoms with Gasteiger partial charge >= 0.3 is 0 Å². The summed E-state index contributed by atoms with van der Waals surface area (Å²) in [7, 11) is 0. The molecule has 1 fully saturated rings. The molecule has 0 amide bonds. The predicted octanol–water partition coefficient (Wildman–Crippen LogP) is 4.42. The molecule has 1 aliphatic rings. The first-order valence-electron chi connectivity index (χ1n) is 9.93. The summed E-state index contributed by atoms with van der Waals surface area (Å²) in [6.45, 7) is 8.33. The molecule has 152 valence electrons. The average Bonchev–Trinajstić information content (AvgIpc) is 2.72. The van der Waals surface area contributed by atoms with E-state index in [4.69, 9.17) is 9.73 Å². The predicted molar refractivity (Wildman–Crippen MR) is 128 cm³/mol. The second-order valence-corrected chi connectivity index (χ2v) is 7.24. The third-order valence-electron chi connectivity index (χ3n) is 5.37. The maximum Gasteiger partial charge on any atom is 0.191 e. The highest BCUT2D eigenvalue weighted by Crippen LogP contribution is 2.36. The minimum atomic E-state index is 0. The maximum absolute atomic E-state index is 5.67. The molecule has 0 radical (unpaired) electrons. The molecule has 3 rings (SSSR count). The number of hydrogen-bond donors (Lipinski definition) is 2. The van der Waals surface area contributed by atoms with Crippen molar-refractivity contribution in [2.75, 3.05) is 26.3 Å². The summed E-state index contributed by atoms with van der Waals surface area (Å²) >= 11 is 0. The van der Waals surface area contributed by atoms with Crippen LogP contribution in [0.5, 0.6) is 0 Å². The van der Waals surface area contributed by atoms with Crippen LogP contribution in [0.25, 0.3) is 0 Å². The van der Waals surface area contributed by atoms with Crippen molar-refractivity contribution in [3.8, 4) is 0 Å². The highest BCUT2D eigenvalue weighted by Gasteiger charge is 2.35. The summed E-state index contributed by atoms with van der Waals surface area (Å²) in [4.78, 5) is 4.78. The van der Waals surface area contributed by atoms with Gasteiger partial charge in [0.05, 0.1) is 6.54 Å². The minimum Gasteiger partial charge on any atom is -0.381 e. The first-order valence-corrected chi connectivity index (χ1v) is 9.93. The van der Waals surface area contributed by atoms with Crippen molar-refractivity contribution >= 4 is 29.9 Å². The fourth-order valence-electron chi connectivity index (χ4n) is 3.82. The van der Waals surface area contributed by atoms with Crippen LogP contribution in [0.2, 0.25) is 0 Å². The third-order valence-corrected chi connectivity index (χ3v) is 5.37. The Hall–Kier alpha value is -1.60. The fourth-order valence-corrected chi connectivity index (χ4v) is 3.82. The number of halogens is 1. The van der Waals surface area contributed by atoms with Crippen molar-refractivity contribution in [1.82, 2.24) is 10.6 Å². The molecule has 1 heterocycles. The number of benzene rings is 2. The molecule has 0 atom stereocenters. The van der Waals surface area contributed by atoms with Crippen LogP contribution in [0.4, 0.5) is 0 Å². The lowest BCUT2D eigenvalue weighted by molar-refractivity contribution is 0.0512. The number of guanidine groups is 1. The zero-order valence-electron chi connectivity index (χ0n) is 16.9. The van der Waals surface area contributed by atoms with E-state index in [0.717, 1.165) is 45.1 Å². The van der Waals surface area contributed by atoms with Gasteiger partial charge in [0.15, 0.2) is 5.96 Å². The van der Waals surface area contributed by atoms with E-state index in [-0.39, 0.29) is 29.4 Å². The normalized spacial score (nSPS) is 16.1. The van der Waals surface area contributed by atoms with Gasteiger partial charge in [-0.2, -0.15) is 0 Å². The van der Waals surface area contributed by atoms with Gasteiger partial charge in [-0.05, 0) is 43.4 Å². The minimum absolute atomic E-state index is 0. The van der Waals surface area contributed by atoms with Gasteiger partial charge in [0, 0.05) is 31.7 Å². The van der Waals surface area contributed by atoms with Gasteiger partial charge in [0.1, 0.15) is 0 Å². The van der Waals surface area contributed by atoms with Gasteiger partial charge in [0.25, 0.3) is 0 Å². The summed E-state index contributed by atoms with van der Waals surface area (Å²) in [5.74, 6) is 0.876. The Morgan fingerprint density at radius 2 is 1.68 bits per heavy atom. The Balaban J connectivity index is 0.00000280. The number of hydrogen-bond acceptors (Lipinski definition) is 2. The topological polar surface area (TPSA) is 45.7 Å². The SMILES string of the molecule is CCNC(=NCc1ccccc1)NCC1(c2ccccc2C)CCOCC1.I. The van der Waals surface area contributed by atoms with Gasteiger partial charge in [-0.25, -0.2) is 4.99 Å². The average molecular weight is 493 g/mol. The van der Waals surface area contributed by atoms with Crippen molar-refractivity contribution < 1.29 is 4.74 Å². The molecule has 0 spiro atoms. The molecule has 1 saturated heterocycles. The van der Waals surface area contributed by atoms with E-state index in [9.17, 15) is 0 Å². The Bertz CT molecular complexity index is 743. The Morgan fingerprint density at radius 1 is 1.00 bits per heavy atom. The van der Waals surface area contributed by atoms with E-state index >= 15 is 0 Å². The second-order valence-electron chi connectivity index (χ2n) is 7.24. The van der Waals surface area contributed by atoms with Gasteiger partial charge in [-0.3, -0.25) is 0 Å². The Labute approximate surface area is 186 Å². The van der Waals surface area contributed by atoms with Gasteiger partial charge < -0.3 is 15.4 Å². The van der Waals surface area contributed by atoms with Crippen molar-refractivity contribution in [2.24, 2.45) is 4.99 Å². The van der Waals surface area contributed by atoms with Crippen LogP contribution in [0.15, 0.2) is 59.6 Å². The largest absolute Gasteiger partial charge is 0.381 e. The van der Waals surface area contributed by atoms with Crippen molar-refractivity contribution in [2.45, 2.75) is 38.6 Å². The van der Waals surface area contributed by atoms with E-state index in [0.29, 0.717) is 6.54 Å². The fraction of sp³-hybridized carbons (Fsp3) is 0.435. The number of nitrogens with zero attached hydrogens (tertiary/aromatic N) is 1. The van der Waals surface area contributed by atoms with E-state index in [2.05, 4.69) is 73.0 Å². The second kappa shape index (κ2) is 11.4. The Morgan fingerprint density at radius 3 is 2.36 bits per heavy atom. The molecule has 0 aromatic heterocycles. The molecule has 1 aliphatic heterocycles. The standard InChI is InChI=1S/C23H31N3O.HI/c1-3-24-22(25-17-20-10-5-4-6-11-20)26-18-23(13-15-27-16-14-23)21-12-8-7-9-19(21)2;/h4-12H,3,13-18H2,1-2H3,(H2,24,25,26);1H. The van der Waals surface area contributed by atoms with E-state index < -0.39 is 0 Å². The first-order chi connectivity index (χ1) is 13.2. The Kier molecular flexibility index (Phi) is 9.25. The highest BCUT2D eigenvalue weighted by molar-refractivity contribution is 14.0. The maximum atomic E-state index is 5.67. The van der Waals surface area contributed by atoms with Crippen LogP contribution in [-0.2, 0) is 16.7 Å². The van der Waals surface area contributed by atoms with E-state index in [1.165, 1.54) is 16.7 Å². The number of aliphatic imine (C=N–C) groups is 1. The molecule has 0 saturated carbocycles.